The van der Waals surface area contributed by atoms with Crippen LogP contribution in [-0.2, 0) is 0 Å². The summed E-state index contributed by atoms with van der Waals surface area (Å²) in [6.07, 6.45) is 0. The molecule has 0 aliphatic rings. The van der Waals surface area contributed by atoms with Gasteiger partial charge in [0, 0.05) is 5.56 Å². The van der Waals surface area contributed by atoms with Gasteiger partial charge in [-0.25, -0.2) is 0 Å². The van der Waals surface area contributed by atoms with E-state index in [9.17, 15) is 4.79 Å². The fourth-order valence-electron chi connectivity index (χ4n) is 2.23. The van der Waals surface area contributed by atoms with Gasteiger partial charge in [-0.05, 0) is 29.3 Å². The van der Waals surface area contributed by atoms with Gasteiger partial charge in [-0.3, -0.25) is 4.79 Å². The number of ether oxygens (including phenoxy) is 1. The first-order chi connectivity index (χ1) is 10.7. The predicted octanol–water partition coefficient (Wildman–Crippen LogP) is 2.25. The molecule has 1 aromatic heterocycles. The average Bonchev–Trinajstić information content (AvgIpc) is 3.05. The standard InChI is InChI=1S/C16H14N4O2/c1-22-13-7-5-10(6-8-13)11-3-2-4-12(9-11)14-15(16(17)21)19-20-18-14/h2-9H,1H3,(H2,17,21)(H,18,19,20). The Kier molecular flexibility index (Phi) is 3.57. The number of nitrogens with one attached hydrogen (secondary N) is 1. The minimum Gasteiger partial charge on any atom is -0.497 e. The number of benzene rings is 2. The number of primary amides is 1. The molecule has 0 fully saturated rings. The number of aromatic nitrogens is 3. The van der Waals surface area contributed by atoms with E-state index in [0.29, 0.717) is 5.69 Å². The minimum absolute atomic E-state index is 0.131. The lowest BCUT2D eigenvalue weighted by Gasteiger charge is -2.06. The Labute approximate surface area is 126 Å². The van der Waals surface area contributed by atoms with Crippen LogP contribution < -0.4 is 10.5 Å². The van der Waals surface area contributed by atoms with Gasteiger partial charge < -0.3 is 10.5 Å². The Hall–Kier alpha value is -3.15. The molecule has 0 spiro atoms. The highest BCUT2D eigenvalue weighted by molar-refractivity contribution is 5.96. The molecule has 0 radical (unpaired) electrons. The topological polar surface area (TPSA) is 93.9 Å². The van der Waals surface area contributed by atoms with Crippen molar-refractivity contribution >= 4 is 5.91 Å². The van der Waals surface area contributed by atoms with Gasteiger partial charge in [-0.1, -0.05) is 30.3 Å². The Morgan fingerprint density at radius 2 is 1.77 bits per heavy atom. The molecule has 3 N–H and O–H groups in total. The van der Waals surface area contributed by atoms with Crippen LogP contribution in [0.3, 0.4) is 0 Å². The van der Waals surface area contributed by atoms with E-state index in [-0.39, 0.29) is 5.69 Å². The highest BCUT2D eigenvalue weighted by atomic mass is 16.5. The molecule has 6 nitrogen and oxygen atoms in total. The van der Waals surface area contributed by atoms with Crippen LogP contribution in [0, 0.1) is 0 Å². The van der Waals surface area contributed by atoms with E-state index < -0.39 is 5.91 Å². The lowest BCUT2D eigenvalue weighted by Crippen LogP contribution is -2.12. The SMILES string of the molecule is COc1ccc(-c2cccc(-c3n[nH]nc3C(N)=O)c2)cc1. The summed E-state index contributed by atoms with van der Waals surface area (Å²) in [6, 6.07) is 15.4. The number of nitrogens with two attached hydrogens (primary N) is 1. The third-order valence-electron chi connectivity index (χ3n) is 3.34. The summed E-state index contributed by atoms with van der Waals surface area (Å²) in [7, 11) is 1.63. The van der Waals surface area contributed by atoms with Gasteiger partial charge in [0.15, 0.2) is 5.69 Å². The van der Waals surface area contributed by atoms with Crippen molar-refractivity contribution in [1.82, 2.24) is 15.4 Å². The number of nitrogens with zero attached hydrogens (tertiary/aromatic N) is 2. The number of methoxy groups -OCH3 is 1. The third kappa shape index (κ3) is 2.54. The van der Waals surface area contributed by atoms with Crippen LogP contribution in [0.2, 0.25) is 0 Å². The Bertz CT molecular complexity index is 809. The quantitative estimate of drug-likeness (QED) is 0.771. The number of carbonyl (C=O) groups is 1. The molecule has 0 aliphatic heterocycles. The van der Waals surface area contributed by atoms with Gasteiger partial charge in [-0.15, -0.1) is 0 Å². The molecule has 0 atom stereocenters. The number of hydrogen-bond donors (Lipinski definition) is 2. The number of carbonyl (C=O) groups excluding carboxylic acids is 1. The maximum atomic E-state index is 11.4. The summed E-state index contributed by atoms with van der Waals surface area (Å²) in [6.45, 7) is 0. The monoisotopic (exact) mass is 294 g/mol. The smallest absolute Gasteiger partial charge is 0.271 e. The van der Waals surface area contributed by atoms with Gasteiger partial charge >= 0.3 is 0 Å². The Balaban J connectivity index is 2.02. The maximum Gasteiger partial charge on any atom is 0.271 e. The van der Waals surface area contributed by atoms with E-state index in [1.165, 1.54) is 0 Å². The first kappa shape index (κ1) is 13.8. The Morgan fingerprint density at radius 3 is 2.45 bits per heavy atom. The van der Waals surface area contributed by atoms with E-state index in [4.69, 9.17) is 10.5 Å². The van der Waals surface area contributed by atoms with Crippen LogP contribution in [0.5, 0.6) is 5.75 Å². The highest BCUT2D eigenvalue weighted by Crippen LogP contribution is 2.27. The van der Waals surface area contributed by atoms with Crippen LogP contribution >= 0.6 is 0 Å². The summed E-state index contributed by atoms with van der Waals surface area (Å²) in [4.78, 5) is 11.4. The molecule has 3 aromatic rings. The first-order valence-corrected chi connectivity index (χ1v) is 6.64. The summed E-state index contributed by atoms with van der Waals surface area (Å²) >= 11 is 0. The molecular formula is C16H14N4O2. The van der Waals surface area contributed by atoms with Crippen LogP contribution in [0.25, 0.3) is 22.4 Å². The van der Waals surface area contributed by atoms with Gasteiger partial charge in [0.05, 0.1) is 7.11 Å². The minimum atomic E-state index is -0.612. The summed E-state index contributed by atoms with van der Waals surface area (Å²) in [5, 5.41) is 10.2. The van der Waals surface area contributed by atoms with Crippen molar-refractivity contribution < 1.29 is 9.53 Å². The molecule has 110 valence electrons. The van der Waals surface area contributed by atoms with E-state index in [1.54, 1.807) is 7.11 Å². The van der Waals surface area contributed by atoms with Crippen LogP contribution in [0.1, 0.15) is 10.5 Å². The van der Waals surface area contributed by atoms with Crippen LogP contribution in [0.15, 0.2) is 48.5 Å². The van der Waals surface area contributed by atoms with E-state index in [0.717, 1.165) is 22.4 Å². The van der Waals surface area contributed by atoms with Crippen molar-refractivity contribution in [3.05, 3.63) is 54.2 Å². The van der Waals surface area contributed by atoms with E-state index in [1.807, 2.05) is 48.5 Å². The first-order valence-electron chi connectivity index (χ1n) is 6.64. The molecule has 0 bridgehead atoms. The number of H-pyrrole nitrogens is 1. The molecule has 6 heteroatoms. The third-order valence-corrected chi connectivity index (χ3v) is 3.34. The predicted molar refractivity (Wildman–Crippen MR) is 82.3 cm³/mol. The van der Waals surface area contributed by atoms with Crippen molar-refractivity contribution in [2.45, 2.75) is 0 Å². The fraction of sp³-hybridized carbons (Fsp3) is 0.0625. The second-order valence-electron chi connectivity index (χ2n) is 4.69. The van der Waals surface area contributed by atoms with Crippen molar-refractivity contribution in [2.24, 2.45) is 5.73 Å². The number of amides is 1. The number of aromatic amines is 1. The zero-order valence-electron chi connectivity index (χ0n) is 11.9. The molecule has 0 unspecified atom stereocenters. The van der Waals surface area contributed by atoms with Gasteiger partial charge in [0.25, 0.3) is 5.91 Å². The number of hydrogen-bond acceptors (Lipinski definition) is 4. The van der Waals surface area contributed by atoms with Gasteiger partial charge in [0.1, 0.15) is 11.4 Å². The Morgan fingerprint density at radius 1 is 1.05 bits per heavy atom. The maximum absolute atomic E-state index is 11.4. The van der Waals surface area contributed by atoms with E-state index >= 15 is 0 Å². The normalized spacial score (nSPS) is 10.4. The molecular weight excluding hydrogens is 280 g/mol. The lowest BCUT2D eigenvalue weighted by atomic mass is 10.0. The van der Waals surface area contributed by atoms with Crippen LogP contribution in [-0.4, -0.2) is 28.4 Å². The second-order valence-corrected chi connectivity index (χ2v) is 4.69. The molecule has 1 heterocycles. The molecule has 0 aliphatic carbocycles. The van der Waals surface area contributed by atoms with Gasteiger partial charge in [0.2, 0.25) is 0 Å². The summed E-state index contributed by atoms with van der Waals surface area (Å²) < 4.78 is 5.16. The molecule has 1 amide bonds. The van der Waals surface area contributed by atoms with E-state index in [2.05, 4.69) is 15.4 Å². The van der Waals surface area contributed by atoms with Crippen molar-refractivity contribution in [3.8, 4) is 28.1 Å². The van der Waals surface area contributed by atoms with Crippen LogP contribution in [0.4, 0.5) is 0 Å². The highest BCUT2D eigenvalue weighted by Gasteiger charge is 2.15. The fourth-order valence-corrected chi connectivity index (χ4v) is 2.23. The molecule has 0 saturated heterocycles. The van der Waals surface area contributed by atoms with Crippen molar-refractivity contribution in [2.75, 3.05) is 7.11 Å². The molecule has 2 aromatic carbocycles. The van der Waals surface area contributed by atoms with Crippen molar-refractivity contribution in [3.63, 3.8) is 0 Å². The zero-order valence-corrected chi connectivity index (χ0v) is 11.9. The number of rotatable bonds is 4. The molecule has 22 heavy (non-hydrogen) atoms. The van der Waals surface area contributed by atoms with Crippen molar-refractivity contribution in [1.29, 1.82) is 0 Å². The van der Waals surface area contributed by atoms with Gasteiger partial charge in [-0.2, -0.15) is 15.4 Å². The summed E-state index contributed by atoms with van der Waals surface area (Å²) in [5.74, 6) is 0.186. The second kappa shape index (κ2) is 5.69. The zero-order chi connectivity index (χ0) is 15.5. The summed E-state index contributed by atoms with van der Waals surface area (Å²) in [5.41, 5.74) is 8.69. The average molecular weight is 294 g/mol. The molecule has 0 saturated carbocycles. The molecule has 3 rings (SSSR count). The lowest BCUT2D eigenvalue weighted by molar-refractivity contribution is 0.0996. The largest absolute Gasteiger partial charge is 0.497 e.